The lowest BCUT2D eigenvalue weighted by molar-refractivity contribution is 0.818. The van der Waals surface area contributed by atoms with E-state index in [0.717, 1.165) is 29.9 Å². The van der Waals surface area contributed by atoms with Crippen LogP contribution in [0.15, 0.2) is 55.9 Å². The molecule has 0 spiro atoms. The normalized spacial score (nSPS) is 10.8. The molecule has 0 saturated heterocycles. The Morgan fingerprint density at radius 3 is 2.64 bits per heavy atom. The van der Waals surface area contributed by atoms with Crippen LogP contribution in [0.3, 0.4) is 0 Å². The van der Waals surface area contributed by atoms with Gasteiger partial charge < -0.3 is 4.90 Å². The monoisotopic (exact) mass is 334 g/mol. The third kappa shape index (κ3) is 3.57. The summed E-state index contributed by atoms with van der Waals surface area (Å²) < 4.78 is 1.79. The molecule has 0 bridgehead atoms. The third-order valence-corrected chi connectivity index (χ3v) is 3.80. The van der Waals surface area contributed by atoms with Gasteiger partial charge in [0.1, 0.15) is 5.82 Å². The predicted octanol–water partition coefficient (Wildman–Crippen LogP) is 3.32. The second kappa shape index (κ2) is 7.70. The zero-order valence-electron chi connectivity index (χ0n) is 14.5. The molecule has 128 valence electrons. The number of aromatic nitrogens is 5. The maximum atomic E-state index is 4.67. The first-order valence-electron chi connectivity index (χ1n) is 8.40. The van der Waals surface area contributed by atoms with Crippen LogP contribution >= 0.6 is 0 Å². The number of hydrogen-bond donors (Lipinski definition) is 0. The Morgan fingerprint density at radius 2 is 2.00 bits per heavy atom. The van der Waals surface area contributed by atoms with Crippen molar-refractivity contribution in [2.24, 2.45) is 0 Å². The van der Waals surface area contributed by atoms with Crippen molar-refractivity contribution >= 4 is 11.6 Å². The Hall–Kier alpha value is -3.02. The smallest absolute Gasteiger partial charge is 0.254 e. The summed E-state index contributed by atoms with van der Waals surface area (Å²) in [4.78, 5) is 15.6. The van der Waals surface area contributed by atoms with Crippen LogP contribution in [0, 0.1) is 0 Å². The SMILES string of the molecule is C=CCN(CC=C)c1cc(CCC)nc2nc(-c3cccnc3)nn12. The highest BCUT2D eigenvalue weighted by Gasteiger charge is 2.16. The fourth-order valence-electron chi connectivity index (χ4n) is 2.70. The molecular formula is C19H22N6. The molecule has 3 heterocycles. The fourth-order valence-corrected chi connectivity index (χ4v) is 2.70. The van der Waals surface area contributed by atoms with Crippen molar-refractivity contribution in [2.75, 3.05) is 18.0 Å². The van der Waals surface area contributed by atoms with Gasteiger partial charge in [0.05, 0.1) is 0 Å². The first-order chi connectivity index (χ1) is 12.3. The van der Waals surface area contributed by atoms with E-state index in [2.05, 4.69) is 51.1 Å². The maximum Gasteiger partial charge on any atom is 0.254 e. The standard InChI is InChI=1S/C19H22N6/c1-4-8-16-13-17(24(11-5-2)12-6-3)25-19(21-16)22-18(23-25)15-9-7-10-20-14-15/h5-7,9-10,13-14H,2-4,8,11-12H2,1H3. The summed E-state index contributed by atoms with van der Waals surface area (Å²) in [6.45, 7) is 11.2. The zero-order valence-corrected chi connectivity index (χ0v) is 14.5. The minimum atomic E-state index is 0.595. The maximum absolute atomic E-state index is 4.67. The summed E-state index contributed by atoms with van der Waals surface area (Å²) in [7, 11) is 0. The van der Waals surface area contributed by atoms with E-state index in [0.29, 0.717) is 24.7 Å². The number of aryl methyl sites for hydroxylation is 1. The number of hydrogen-bond acceptors (Lipinski definition) is 5. The van der Waals surface area contributed by atoms with E-state index < -0.39 is 0 Å². The van der Waals surface area contributed by atoms with Crippen molar-refractivity contribution in [2.45, 2.75) is 19.8 Å². The van der Waals surface area contributed by atoms with Crippen LogP contribution in [-0.2, 0) is 6.42 Å². The average molecular weight is 334 g/mol. The molecule has 0 N–H and O–H groups in total. The largest absolute Gasteiger partial charge is 0.349 e. The second-order valence-corrected chi connectivity index (χ2v) is 5.73. The molecule has 25 heavy (non-hydrogen) atoms. The lowest BCUT2D eigenvalue weighted by Gasteiger charge is -2.22. The molecule has 0 aliphatic rings. The lowest BCUT2D eigenvalue weighted by Crippen LogP contribution is -2.26. The Balaban J connectivity index is 2.16. The number of rotatable bonds is 8. The van der Waals surface area contributed by atoms with E-state index >= 15 is 0 Å². The van der Waals surface area contributed by atoms with Gasteiger partial charge in [0.15, 0.2) is 5.82 Å². The summed E-state index contributed by atoms with van der Waals surface area (Å²) in [6.07, 6.45) is 9.15. The lowest BCUT2D eigenvalue weighted by atomic mass is 10.2. The molecule has 3 aromatic rings. The summed E-state index contributed by atoms with van der Waals surface area (Å²) >= 11 is 0. The van der Waals surface area contributed by atoms with Crippen molar-refractivity contribution < 1.29 is 0 Å². The molecule has 3 rings (SSSR count). The summed E-state index contributed by atoms with van der Waals surface area (Å²) in [5.74, 6) is 2.15. The minimum absolute atomic E-state index is 0.595. The first-order valence-corrected chi connectivity index (χ1v) is 8.40. The second-order valence-electron chi connectivity index (χ2n) is 5.73. The van der Waals surface area contributed by atoms with E-state index in [-0.39, 0.29) is 0 Å². The summed E-state index contributed by atoms with van der Waals surface area (Å²) in [5.41, 5.74) is 1.88. The van der Waals surface area contributed by atoms with Gasteiger partial charge in [-0.1, -0.05) is 25.5 Å². The van der Waals surface area contributed by atoms with Crippen molar-refractivity contribution in [3.05, 3.63) is 61.6 Å². The fraction of sp³-hybridized carbons (Fsp3) is 0.263. The van der Waals surface area contributed by atoms with Crippen LogP contribution in [0.25, 0.3) is 17.2 Å². The number of anilines is 1. The van der Waals surface area contributed by atoms with E-state index in [9.17, 15) is 0 Å². The van der Waals surface area contributed by atoms with Crippen molar-refractivity contribution in [1.82, 2.24) is 24.6 Å². The quantitative estimate of drug-likeness (QED) is 0.592. The van der Waals surface area contributed by atoms with Gasteiger partial charge in [0, 0.05) is 42.8 Å². The highest BCUT2D eigenvalue weighted by atomic mass is 15.4. The van der Waals surface area contributed by atoms with Gasteiger partial charge in [-0.25, -0.2) is 4.98 Å². The molecule has 0 aromatic carbocycles. The van der Waals surface area contributed by atoms with Crippen LogP contribution in [0.4, 0.5) is 5.82 Å². The Morgan fingerprint density at radius 1 is 1.20 bits per heavy atom. The van der Waals surface area contributed by atoms with Crippen molar-refractivity contribution in [1.29, 1.82) is 0 Å². The van der Waals surface area contributed by atoms with Crippen LogP contribution in [0.2, 0.25) is 0 Å². The van der Waals surface area contributed by atoms with Gasteiger partial charge in [-0.15, -0.1) is 18.3 Å². The van der Waals surface area contributed by atoms with Crippen LogP contribution in [-0.4, -0.2) is 37.7 Å². The molecule has 6 nitrogen and oxygen atoms in total. The van der Waals surface area contributed by atoms with Gasteiger partial charge in [-0.3, -0.25) is 4.98 Å². The van der Waals surface area contributed by atoms with E-state index in [4.69, 9.17) is 0 Å². The molecule has 0 aliphatic carbocycles. The molecule has 6 heteroatoms. The van der Waals surface area contributed by atoms with Crippen molar-refractivity contribution in [3.63, 3.8) is 0 Å². The summed E-state index contributed by atoms with van der Waals surface area (Å²) in [5, 5.41) is 4.66. The van der Waals surface area contributed by atoms with E-state index in [1.165, 1.54) is 0 Å². The highest BCUT2D eigenvalue weighted by molar-refractivity contribution is 5.58. The number of nitrogens with zero attached hydrogens (tertiary/aromatic N) is 6. The third-order valence-electron chi connectivity index (χ3n) is 3.80. The molecule has 0 aliphatic heterocycles. The molecular weight excluding hydrogens is 312 g/mol. The zero-order chi connectivity index (χ0) is 17.6. The highest BCUT2D eigenvalue weighted by Crippen LogP contribution is 2.21. The van der Waals surface area contributed by atoms with E-state index in [1.807, 2.05) is 24.3 Å². The summed E-state index contributed by atoms with van der Waals surface area (Å²) in [6, 6.07) is 5.89. The predicted molar refractivity (Wildman–Crippen MR) is 101 cm³/mol. The molecule has 3 aromatic heterocycles. The Bertz CT molecular complexity index is 858. The molecule has 0 amide bonds. The van der Waals surface area contributed by atoms with Crippen LogP contribution in [0.1, 0.15) is 19.0 Å². The molecule has 0 radical (unpaired) electrons. The van der Waals surface area contributed by atoms with Crippen LogP contribution < -0.4 is 4.90 Å². The van der Waals surface area contributed by atoms with Gasteiger partial charge >= 0.3 is 0 Å². The minimum Gasteiger partial charge on any atom is -0.349 e. The number of fused-ring (bicyclic) bond motifs is 1. The van der Waals surface area contributed by atoms with Crippen LogP contribution in [0.5, 0.6) is 0 Å². The van der Waals surface area contributed by atoms with Gasteiger partial charge in [-0.2, -0.15) is 9.50 Å². The Kier molecular flexibility index (Phi) is 5.18. The first kappa shape index (κ1) is 16.8. The average Bonchev–Trinajstić information content (AvgIpc) is 3.06. The topological polar surface area (TPSA) is 59.2 Å². The van der Waals surface area contributed by atoms with Gasteiger partial charge in [0.25, 0.3) is 5.78 Å². The number of pyridine rings is 1. The molecule has 0 atom stereocenters. The van der Waals surface area contributed by atoms with Gasteiger partial charge in [-0.05, 0) is 18.6 Å². The van der Waals surface area contributed by atoms with Crippen molar-refractivity contribution in [3.8, 4) is 11.4 Å². The Labute approximate surface area is 147 Å². The molecule has 0 saturated carbocycles. The van der Waals surface area contributed by atoms with Gasteiger partial charge in [0.2, 0.25) is 0 Å². The van der Waals surface area contributed by atoms with E-state index in [1.54, 1.807) is 16.9 Å². The molecule has 0 fully saturated rings. The molecule has 0 unspecified atom stereocenters.